The number of rotatable bonds is 2. The normalized spacial score (nSPS) is 10.1. The van der Waals surface area contributed by atoms with Crippen LogP contribution in [0.4, 0.5) is 0 Å². The lowest BCUT2D eigenvalue weighted by Crippen LogP contribution is -2.03. The Labute approximate surface area is 67.5 Å². The van der Waals surface area contributed by atoms with Gasteiger partial charge < -0.3 is 5.73 Å². The highest BCUT2D eigenvalue weighted by Gasteiger charge is 2.00. The van der Waals surface area contributed by atoms with Crippen LogP contribution in [0, 0.1) is 20.3 Å². The number of hydrogen-bond donors (Lipinski definition) is 1. The van der Waals surface area contributed by atoms with Crippen LogP contribution in [0.5, 0.6) is 0 Å². The Hall–Kier alpha value is -0.890. The Kier molecular flexibility index (Phi) is 2.60. The van der Waals surface area contributed by atoms with Crippen LogP contribution in [0.3, 0.4) is 0 Å². The molecule has 2 nitrogen and oxygen atoms in total. The largest absolute Gasteiger partial charge is 0.330 e. The van der Waals surface area contributed by atoms with Gasteiger partial charge in [0.05, 0.1) is 0 Å². The van der Waals surface area contributed by atoms with Crippen molar-refractivity contribution >= 4 is 0 Å². The maximum absolute atomic E-state index is 5.42. The summed E-state index contributed by atoms with van der Waals surface area (Å²) >= 11 is 0. The van der Waals surface area contributed by atoms with Crippen molar-refractivity contribution in [2.24, 2.45) is 5.73 Å². The van der Waals surface area contributed by atoms with E-state index in [9.17, 15) is 0 Å². The molecule has 2 heteroatoms. The van der Waals surface area contributed by atoms with Gasteiger partial charge in [-0.05, 0) is 37.1 Å². The fourth-order valence-corrected chi connectivity index (χ4v) is 1.15. The first-order chi connectivity index (χ1) is 5.25. The highest BCUT2D eigenvalue weighted by Crippen LogP contribution is 2.12. The van der Waals surface area contributed by atoms with Gasteiger partial charge in [-0.2, -0.15) is 0 Å². The molecule has 1 radical (unpaired) electrons. The van der Waals surface area contributed by atoms with Crippen molar-refractivity contribution in [1.29, 1.82) is 0 Å². The summed E-state index contributed by atoms with van der Waals surface area (Å²) in [5.74, 6) is 0. The zero-order valence-corrected chi connectivity index (χ0v) is 6.96. The molecule has 59 valence electrons. The van der Waals surface area contributed by atoms with E-state index in [1.165, 1.54) is 16.7 Å². The molecule has 0 aliphatic heterocycles. The summed E-state index contributed by atoms with van der Waals surface area (Å²) in [6.07, 6.45) is 5.73. The van der Waals surface area contributed by atoms with Gasteiger partial charge >= 0.3 is 0 Å². The molecule has 1 rings (SSSR count). The zero-order valence-electron chi connectivity index (χ0n) is 6.96. The summed E-state index contributed by atoms with van der Waals surface area (Å²) in [5, 5.41) is 0. The van der Waals surface area contributed by atoms with Crippen molar-refractivity contribution in [2.75, 3.05) is 6.54 Å². The molecule has 0 spiro atoms. The summed E-state index contributed by atoms with van der Waals surface area (Å²) in [6.45, 7) is 4.68. The summed E-state index contributed by atoms with van der Waals surface area (Å²) < 4.78 is 0. The van der Waals surface area contributed by atoms with Gasteiger partial charge in [-0.15, -0.1) is 0 Å². The maximum Gasteiger partial charge on any atom is 0.0300 e. The first-order valence-corrected chi connectivity index (χ1v) is 3.70. The third-order valence-corrected chi connectivity index (χ3v) is 1.71. The van der Waals surface area contributed by atoms with Crippen molar-refractivity contribution in [2.45, 2.75) is 13.8 Å². The molecule has 0 amide bonds. The second-order valence-corrected chi connectivity index (χ2v) is 2.63. The molecule has 0 unspecified atom stereocenters. The van der Waals surface area contributed by atoms with E-state index in [4.69, 9.17) is 5.73 Å². The van der Waals surface area contributed by atoms with E-state index < -0.39 is 0 Å². The lowest BCUT2D eigenvalue weighted by molar-refractivity contribution is 1.10. The predicted octanol–water partition coefficient (Wildman–Crippen LogP) is 1.21. The van der Waals surface area contributed by atoms with E-state index >= 15 is 0 Å². The Morgan fingerprint density at radius 2 is 1.91 bits per heavy atom. The number of nitrogens with zero attached hydrogens (tertiary/aromatic N) is 1. The molecule has 2 N–H and O–H groups in total. The van der Waals surface area contributed by atoms with Crippen LogP contribution in [0.15, 0.2) is 12.4 Å². The molecule has 0 bridgehead atoms. The Bertz CT molecular complexity index is 223. The third-order valence-electron chi connectivity index (χ3n) is 1.71. The van der Waals surface area contributed by atoms with E-state index in [-0.39, 0.29) is 0 Å². The van der Waals surface area contributed by atoms with Crippen LogP contribution in [-0.2, 0) is 0 Å². The van der Waals surface area contributed by atoms with E-state index in [0.717, 1.165) is 0 Å². The SMILES string of the molecule is Cc1cncc(C)c1[CH]CN. The topological polar surface area (TPSA) is 38.9 Å². The van der Waals surface area contributed by atoms with Gasteiger partial charge in [0, 0.05) is 18.8 Å². The van der Waals surface area contributed by atoms with Gasteiger partial charge in [-0.3, -0.25) is 4.98 Å². The van der Waals surface area contributed by atoms with Crippen LogP contribution in [-0.4, -0.2) is 11.5 Å². The lowest BCUT2D eigenvalue weighted by Gasteiger charge is -2.05. The molecule has 1 aromatic rings. The summed E-state index contributed by atoms with van der Waals surface area (Å²) in [7, 11) is 0. The predicted molar refractivity (Wildman–Crippen MR) is 46.2 cm³/mol. The van der Waals surface area contributed by atoms with Crippen molar-refractivity contribution in [3.8, 4) is 0 Å². The van der Waals surface area contributed by atoms with Gasteiger partial charge in [0.1, 0.15) is 0 Å². The first kappa shape index (κ1) is 8.21. The lowest BCUT2D eigenvalue weighted by atomic mass is 10.0. The van der Waals surface area contributed by atoms with Crippen molar-refractivity contribution in [1.82, 2.24) is 4.98 Å². The van der Waals surface area contributed by atoms with Crippen LogP contribution < -0.4 is 5.73 Å². The fourth-order valence-electron chi connectivity index (χ4n) is 1.15. The second-order valence-electron chi connectivity index (χ2n) is 2.63. The molecule has 0 aliphatic rings. The minimum absolute atomic E-state index is 0.589. The van der Waals surface area contributed by atoms with Crippen LogP contribution in [0.2, 0.25) is 0 Å². The van der Waals surface area contributed by atoms with E-state index in [2.05, 4.69) is 4.98 Å². The number of pyridine rings is 1. The standard InChI is InChI=1S/C9H13N2/c1-7-5-11-6-8(2)9(7)3-4-10/h3,5-6H,4,10H2,1-2H3. The molecule has 0 saturated heterocycles. The number of hydrogen-bond acceptors (Lipinski definition) is 2. The van der Waals surface area contributed by atoms with Crippen molar-refractivity contribution in [3.63, 3.8) is 0 Å². The summed E-state index contributed by atoms with van der Waals surface area (Å²) in [6, 6.07) is 0. The average Bonchev–Trinajstić information content (AvgIpc) is 1.97. The Morgan fingerprint density at radius 3 is 2.36 bits per heavy atom. The number of aromatic nitrogens is 1. The van der Waals surface area contributed by atoms with Gasteiger partial charge in [0.25, 0.3) is 0 Å². The third kappa shape index (κ3) is 1.77. The van der Waals surface area contributed by atoms with Crippen LogP contribution >= 0.6 is 0 Å². The molecular formula is C9H13N2. The monoisotopic (exact) mass is 149 g/mol. The zero-order chi connectivity index (χ0) is 8.27. The quantitative estimate of drug-likeness (QED) is 0.686. The molecule has 0 saturated carbocycles. The molecule has 1 aromatic heterocycles. The highest BCUT2D eigenvalue weighted by molar-refractivity contribution is 5.36. The number of nitrogens with two attached hydrogens (primary N) is 1. The minimum atomic E-state index is 0.589. The fraction of sp³-hybridized carbons (Fsp3) is 0.333. The molecule has 0 aromatic carbocycles. The summed E-state index contributed by atoms with van der Waals surface area (Å²) in [4.78, 5) is 4.07. The molecular weight excluding hydrogens is 136 g/mol. The molecule has 0 aliphatic carbocycles. The van der Waals surface area contributed by atoms with E-state index in [1.807, 2.05) is 32.7 Å². The van der Waals surface area contributed by atoms with Gasteiger partial charge in [-0.25, -0.2) is 0 Å². The van der Waals surface area contributed by atoms with E-state index in [1.54, 1.807) is 0 Å². The van der Waals surface area contributed by atoms with Gasteiger partial charge in [-0.1, -0.05) is 0 Å². The Morgan fingerprint density at radius 1 is 1.36 bits per heavy atom. The van der Waals surface area contributed by atoms with Crippen molar-refractivity contribution in [3.05, 3.63) is 35.5 Å². The van der Waals surface area contributed by atoms with Crippen LogP contribution in [0.1, 0.15) is 16.7 Å². The van der Waals surface area contributed by atoms with Gasteiger partial charge in [0.15, 0.2) is 0 Å². The first-order valence-electron chi connectivity index (χ1n) is 3.70. The van der Waals surface area contributed by atoms with Crippen LogP contribution in [0.25, 0.3) is 0 Å². The second kappa shape index (κ2) is 3.49. The number of aryl methyl sites for hydroxylation is 2. The molecule has 11 heavy (non-hydrogen) atoms. The molecule has 0 fully saturated rings. The van der Waals surface area contributed by atoms with Crippen molar-refractivity contribution < 1.29 is 0 Å². The maximum atomic E-state index is 5.42. The average molecular weight is 149 g/mol. The Balaban J connectivity index is 3.00. The smallest absolute Gasteiger partial charge is 0.0300 e. The highest BCUT2D eigenvalue weighted by atomic mass is 14.6. The summed E-state index contributed by atoms with van der Waals surface area (Å²) in [5.41, 5.74) is 9.03. The van der Waals surface area contributed by atoms with Gasteiger partial charge in [0.2, 0.25) is 0 Å². The molecule has 0 atom stereocenters. The van der Waals surface area contributed by atoms with E-state index in [0.29, 0.717) is 6.54 Å². The molecule has 1 heterocycles. The minimum Gasteiger partial charge on any atom is -0.330 e.